The summed E-state index contributed by atoms with van der Waals surface area (Å²) in [4.78, 5) is 1.35. The highest BCUT2D eigenvalue weighted by atomic mass is 32.1. The van der Waals surface area contributed by atoms with E-state index in [4.69, 9.17) is 5.11 Å². The first kappa shape index (κ1) is 15.2. The van der Waals surface area contributed by atoms with Gasteiger partial charge in [0.1, 0.15) is 0 Å². The molecule has 2 aromatic carbocycles. The molecule has 0 fully saturated rings. The third-order valence-corrected chi connectivity index (χ3v) is 4.97. The second-order valence-corrected chi connectivity index (χ2v) is 6.63. The van der Waals surface area contributed by atoms with Crippen molar-refractivity contribution < 1.29 is 5.11 Å². The molecule has 0 spiro atoms. The number of hydrogen-bond acceptors (Lipinski definition) is 3. The van der Waals surface area contributed by atoms with E-state index in [1.807, 2.05) is 17.4 Å². The molecule has 0 amide bonds. The third kappa shape index (κ3) is 3.74. The van der Waals surface area contributed by atoms with Crippen LogP contribution in [-0.4, -0.2) is 11.7 Å². The molecule has 1 atom stereocenters. The van der Waals surface area contributed by atoms with Gasteiger partial charge in [0.05, 0.1) is 0 Å². The standard InChI is InChI=1S/C19H21NOS/c21-12-6-10-18(15-7-2-1-3-8-15)20-14-17-13-16-9-4-5-11-19(16)22-17/h1-5,7-9,11,13,18,20-21H,6,10,12,14H2. The molecule has 3 aromatic rings. The van der Waals surface area contributed by atoms with Gasteiger partial charge < -0.3 is 10.4 Å². The summed E-state index contributed by atoms with van der Waals surface area (Å²) in [6.07, 6.45) is 1.77. The van der Waals surface area contributed by atoms with Gasteiger partial charge >= 0.3 is 0 Å². The van der Waals surface area contributed by atoms with Crippen molar-refractivity contribution in [1.29, 1.82) is 0 Å². The van der Waals surface area contributed by atoms with Crippen molar-refractivity contribution in [3.05, 3.63) is 71.1 Å². The second-order valence-electron chi connectivity index (χ2n) is 5.46. The summed E-state index contributed by atoms with van der Waals surface area (Å²) in [6.45, 7) is 1.11. The van der Waals surface area contributed by atoms with Crippen molar-refractivity contribution in [2.75, 3.05) is 6.61 Å². The van der Waals surface area contributed by atoms with Gasteiger partial charge in [0.25, 0.3) is 0 Å². The molecular weight excluding hydrogens is 290 g/mol. The Morgan fingerprint density at radius 2 is 1.77 bits per heavy atom. The van der Waals surface area contributed by atoms with E-state index in [1.165, 1.54) is 20.5 Å². The first-order chi connectivity index (χ1) is 10.9. The number of thiophene rings is 1. The summed E-state index contributed by atoms with van der Waals surface area (Å²) in [5.41, 5.74) is 1.29. The average Bonchev–Trinajstić information content (AvgIpc) is 2.98. The fourth-order valence-electron chi connectivity index (χ4n) is 2.72. The van der Waals surface area contributed by atoms with Gasteiger partial charge in [-0.3, -0.25) is 0 Å². The number of aliphatic hydroxyl groups excluding tert-OH is 1. The van der Waals surface area contributed by atoms with Crippen molar-refractivity contribution in [3.8, 4) is 0 Å². The van der Waals surface area contributed by atoms with Crippen molar-refractivity contribution >= 4 is 21.4 Å². The van der Waals surface area contributed by atoms with Gasteiger partial charge in [-0.2, -0.15) is 0 Å². The predicted octanol–water partition coefficient (Wildman–Crippen LogP) is 4.50. The number of aliphatic hydroxyl groups is 1. The normalized spacial score (nSPS) is 12.6. The zero-order valence-electron chi connectivity index (χ0n) is 12.5. The van der Waals surface area contributed by atoms with Crippen LogP contribution in [0, 0.1) is 0 Å². The van der Waals surface area contributed by atoms with E-state index in [1.54, 1.807) is 0 Å². The summed E-state index contributed by atoms with van der Waals surface area (Å²) < 4.78 is 1.34. The van der Waals surface area contributed by atoms with Crippen LogP contribution in [0.1, 0.15) is 29.3 Å². The Kier molecular flexibility index (Phi) is 5.22. The lowest BCUT2D eigenvalue weighted by molar-refractivity contribution is 0.275. The highest BCUT2D eigenvalue weighted by Gasteiger charge is 2.11. The summed E-state index contributed by atoms with van der Waals surface area (Å²) in [6, 6.07) is 21.5. The summed E-state index contributed by atoms with van der Waals surface area (Å²) >= 11 is 1.85. The number of fused-ring (bicyclic) bond motifs is 1. The maximum atomic E-state index is 9.12. The van der Waals surface area contributed by atoms with Crippen LogP contribution in [0.4, 0.5) is 0 Å². The molecule has 22 heavy (non-hydrogen) atoms. The van der Waals surface area contributed by atoms with E-state index in [2.05, 4.69) is 59.9 Å². The molecule has 0 saturated carbocycles. The summed E-state index contributed by atoms with van der Waals surface area (Å²) in [5, 5.41) is 14.1. The van der Waals surface area contributed by atoms with E-state index in [9.17, 15) is 0 Å². The molecular formula is C19H21NOS. The van der Waals surface area contributed by atoms with Gasteiger partial charge in [-0.05, 0) is 35.9 Å². The molecule has 3 heteroatoms. The molecule has 0 bridgehead atoms. The quantitative estimate of drug-likeness (QED) is 0.673. The SMILES string of the molecule is OCCCC(NCc1cc2ccccc2s1)c1ccccc1. The molecule has 0 aliphatic rings. The molecule has 0 aliphatic carbocycles. The van der Waals surface area contributed by atoms with E-state index < -0.39 is 0 Å². The Labute approximate surface area is 135 Å². The number of nitrogens with one attached hydrogen (secondary N) is 1. The lowest BCUT2D eigenvalue weighted by atomic mass is 10.0. The lowest BCUT2D eigenvalue weighted by Gasteiger charge is -2.18. The Hall–Kier alpha value is -1.68. The fourth-order valence-corrected chi connectivity index (χ4v) is 3.73. The minimum Gasteiger partial charge on any atom is -0.396 e. The monoisotopic (exact) mass is 311 g/mol. The number of hydrogen-bond donors (Lipinski definition) is 2. The molecule has 0 radical (unpaired) electrons. The Bertz CT molecular complexity index is 675. The molecule has 3 rings (SSSR count). The second kappa shape index (κ2) is 7.54. The van der Waals surface area contributed by atoms with Crippen molar-refractivity contribution in [2.45, 2.75) is 25.4 Å². The predicted molar refractivity (Wildman–Crippen MR) is 94.2 cm³/mol. The van der Waals surface area contributed by atoms with Crippen molar-refractivity contribution in [3.63, 3.8) is 0 Å². The Morgan fingerprint density at radius 3 is 2.55 bits per heavy atom. The molecule has 114 valence electrons. The van der Waals surface area contributed by atoms with E-state index in [0.717, 1.165) is 19.4 Å². The maximum absolute atomic E-state index is 9.12. The first-order valence-corrected chi connectivity index (χ1v) is 8.55. The van der Waals surface area contributed by atoms with Crippen LogP contribution in [-0.2, 0) is 6.54 Å². The van der Waals surface area contributed by atoms with Crippen LogP contribution in [0.2, 0.25) is 0 Å². The maximum Gasteiger partial charge on any atom is 0.0431 e. The van der Waals surface area contributed by atoms with Crippen LogP contribution >= 0.6 is 11.3 Å². The van der Waals surface area contributed by atoms with Crippen LogP contribution in [0.15, 0.2) is 60.7 Å². The molecule has 0 aliphatic heterocycles. The van der Waals surface area contributed by atoms with Crippen LogP contribution in [0.3, 0.4) is 0 Å². The van der Waals surface area contributed by atoms with Gasteiger partial charge in [0, 0.05) is 28.8 Å². The van der Waals surface area contributed by atoms with Gasteiger partial charge in [-0.1, -0.05) is 48.5 Å². The fraction of sp³-hybridized carbons (Fsp3) is 0.263. The van der Waals surface area contributed by atoms with Crippen LogP contribution < -0.4 is 5.32 Å². The highest BCUT2D eigenvalue weighted by molar-refractivity contribution is 7.19. The summed E-state index contributed by atoms with van der Waals surface area (Å²) in [7, 11) is 0. The van der Waals surface area contributed by atoms with Gasteiger partial charge in [-0.25, -0.2) is 0 Å². The summed E-state index contributed by atoms with van der Waals surface area (Å²) in [5.74, 6) is 0. The zero-order chi connectivity index (χ0) is 15.2. The topological polar surface area (TPSA) is 32.3 Å². The van der Waals surface area contributed by atoms with Crippen LogP contribution in [0.5, 0.6) is 0 Å². The molecule has 1 aromatic heterocycles. The molecule has 0 saturated heterocycles. The first-order valence-electron chi connectivity index (χ1n) is 7.73. The Balaban J connectivity index is 1.70. The number of benzene rings is 2. The Morgan fingerprint density at radius 1 is 1.00 bits per heavy atom. The van der Waals surface area contributed by atoms with E-state index >= 15 is 0 Å². The average molecular weight is 311 g/mol. The van der Waals surface area contributed by atoms with Crippen molar-refractivity contribution in [2.24, 2.45) is 0 Å². The lowest BCUT2D eigenvalue weighted by Crippen LogP contribution is -2.20. The molecule has 2 nitrogen and oxygen atoms in total. The van der Waals surface area contributed by atoms with Gasteiger partial charge in [-0.15, -0.1) is 11.3 Å². The van der Waals surface area contributed by atoms with Gasteiger partial charge in [0.15, 0.2) is 0 Å². The minimum absolute atomic E-state index is 0.244. The largest absolute Gasteiger partial charge is 0.396 e. The molecule has 1 heterocycles. The molecule has 1 unspecified atom stereocenters. The smallest absolute Gasteiger partial charge is 0.0431 e. The third-order valence-electron chi connectivity index (χ3n) is 3.85. The highest BCUT2D eigenvalue weighted by Crippen LogP contribution is 2.26. The van der Waals surface area contributed by atoms with Crippen LogP contribution in [0.25, 0.3) is 10.1 Å². The molecule has 2 N–H and O–H groups in total. The number of rotatable bonds is 7. The zero-order valence-corrected chi connectivity index (χ0v) is 13.4. The van der Waals surface area contributed by atoms with Gasteiger partial charge in [0.2, 0.25) is 0 Å². The van der Waals surface area contributed by atoms with E-state index in [0.29, 0.717) is 6.04 Å². The minimum atomic E-state index is 0.244. The van der Waals surface area contributed by atoms with Crippen molar-refractivity contribution in [1.82, 2.24) is 5.32 Å². The van der Waals surface area contributed by atoms with E-state index in [-0.39, 0.29) is 6.61 Å².